The highest BCUT2D eigenvalue weighted by molar-refractivity contribution is 6.35. The van der Waals surface area contributed by atoms with Gasteiger partial charge in [-0.05, 0) is 60.2 Å². The first-order valence-corrected chi connectivity index (χ1v) is 13.0. The summed E-state index contributed by atoms with van der Waals surface area (Å²) in [6.45, 7) is 0.182. The molecule has 1 heterocycles. The molecular weight excluding hydrogens is 570 g/mol. The van der Waals surface area contributed by atoms with Gasteiger partial charge in [-0.3, -0.25) is 0 Å². The van der Waals surface area contributed by atoms with E-state index in [1.54, 1.807) is 48.5 Å². The average Bonchev–Trinajstić information content (AvgIpc) is 2.96. The van der Waals surface area contributed by atoms with Gasteiger partial charge in [0.2, 0.25) is 5.88 Å². The third-order valence-corrected chi connectivity index (χ3v) is 6.99. The maximum absolute atomic E-state index is 13.2. The summed E-state index contributed by atoms with van der Waals surface area (Å²) < 4.78 is 36.0. The predicted molar refractivity (Wildman–Crippen MR) is 151 cm³/mol. The SMILES string of the molecule is COc1cc(C2C(C#N)=C(N)Oc3cc(OC(=O)c4ccc(F)cc4)ccc32)ccc1OCc1ccc(Cl)cc1Cl. The Balaban J connectivity index is 1.43. The number of hydrogen-bond acceptors (Lipinski definition) is 7. The van der Waals surface area contributed by atoms with E-state index in [0.717, 1.165) is 5.56 Å². The summed E-state index contributed by atoms with van der Waals surface area (Å²) in [4.78, 5) is 12.5. The van der Waals surface area contributed by atoms with Crippen LogP contribution in [0.3, 0.4) is 0 Å². The summed E-state index contributed by atoms with van der Waals surface area (Å²) in [6.07, 6.45) is 0. The minimum Gasteiger partial charge on any atom is -0.493 e. The van der Waals surface area contributed by atoms with Crippen molar-refractivity contribution in [3.8, 4) is 29.1 Å². The summed E-state index contributed by atoms with van der Waals surface area (Å²) in [5.41, 5.74) is 8.60. The quantitative estimate of drug-likeness (QED) is 0.180. The summed E-state index contributed by atoms with van der Waals surface area (Å²) in [5.74, 6) is -0.414. The molecule has 4 aromatic rings. The Kier molecular flexibility index (Phi) is 8.02. The molecule has 1 aliphatic rings. The number of carbonyl (C=O) groups excluding carboxylic acids is 1. The predicted octanol–water partition coefficient (Wildman–Crippen LogP) is 7.16. The van der Waals surface area contributed by atoms with E-state index >= 15 is 0 Å². The molecule has 41 heavy (non-hydrogen) atoms. The van der Waals surface area contributed by atoms with Crippen molar-refractivity contribution in [3.05, 3.63) is 128 Å². The summed E-state index contributed by atoms with van der Waals surface area (Å²) in [5, 5.41) is 10.9. The second-order valence-corrected chi connectivity index (χ2v) is 9.80. The molecule has 0 spiro atoms. The number of hydrogen-bond donors (Lipinski definition) is 1. The first-order valence-electron chi connectivity index (χ1n) is 12.2. The van der Waals surface area contributed by atoms with Gasteiger partial charge in [0.1, 0.15) is 35.6 Å². The topological polar surface area (TPSA) is 104 Å². The van der Waals surface area contributed by atoms with Crippen LogP contribution in [0.5, 0.6) is 23.0 Å². The van der Waals surface area contributed by atoms with Gasteiger partial charge in [0, 0.05) is 27.2 Å². The number of allylic oxidation sites excluding steroid dienone is 1. The van der Waals surface area contributed by atoms with Gasteiger partial charge in [-0.25, -0.2) is 9.18 Å². The Morgan fingerprint density at radius 3 is 2.51 bits per heavy atom. The Labute approximate surface area is 245 Å². The maximum Gasteiger partial charge on any atom is 0.343 e. The maximum atomic E-state index is 13.2. The molecular formula is C31H21Cl2FN2O5. The van der Waals surface area contributed by atoms with Crippen LogP contribution in [0, 0.1) is 17.1 Å². The number of rotatable bonds is 7. The van der Waals surface area contributed by atoms with Gasteiger partial charge in [-0.15, -0.1) is 0 Å². The highest BCUT2D eigenvalue weighted by atomic mass is 35.5. The number of benzene rings is 4. The zero-order valence-corrected chi connectivity index (χ0v) is 23.0. The monoisotopic (exact) mass is 590 g/mol. The van der Waals surface area contributed by atoms with Crippen LogP contribution in [-0.2, 0) is 6.61 Å². The second-order valence-electron chi connectivity index (χ2n) is 8.96. The molecule has 0 saturated heterocycles. The highest BCUT2D eigenvalue weighted by Crippen LogP contribution is 2.45. The molecule has 0 bridgehead atoms. The van der Waals surface area contributed by atoms with Crippen LogP contribution >= 0.6 is 23.2 Å². The van der Waals surface area contributed by atoms with Crippen molar-refractivity contribution in [3.63, 3.8) is 0 Å². The fourth-order valence-corrected chi connectivity index (χ4v) is 4.83. The van der Waals surface area contributed by atoms with E-state index in [1.807, 2.05) is 0 Å². The molecule has 0 amide bonds. The molecule has 0 aliphatic carbocycles. The summed E-state index contributed by atoms with van der Waals surface area (Å²) in [7, 11) is 1.51. The van der Waals surface area contributed by atoms with Crippen molar-refractivity contribution in [1.82, 2.24) is 0 Å². The van der Waals surface area contributed by atoms with E-state index < -0.39 is 17.7 Å². The molecule has 4 aromatic carbocycles. The van der Waals surface area contributed by atoms with Crippen molar-refractivity contribution < 1.29 is 28.1 Å². The molecule has 1 aliphatic heterocycles. The smallest absolute Gasteiger partial charge is 0.343 e. The number of nitriles is 1. The van der Waals surface area contributed by atoms with E-state index in [2.05, 4.69) is 6.07 Å². The lowest BCUT2D eigenvalue weighted by Crippen LogP contribution is -2.21. The number of fused-ring (bicyclic) bond motifs is 1. The molecule has 0 aromatic heterocycles. The number of nitrogens with zero attached hydrogens (tertiary/aromatic N) is 1. The van der Waals surface area contributed by atoms with Crippen molar-refractivity contribution in [2.45, 2.75) is 12.5 Å². The largest absolute Gasteiger partial charge is 0.493 e. The molecule has 5 rings (SSSR count). The number of carbonyl (C=O) groups is 1. The van der Waals surface area contributed by atoms with E-state index in [0.29, 0.717) is 38.4 Å². The van der Waals surface area contributed by atoms with Crippen LogP contribution in [0.1, 0.15) is 33.0 Å². The molecule has 0 saturated carbocycles. The molecule has 0 radical (unpaired) electrons. The average molecular weight is 591 g/mol. The van der Waals surface area contributed by atoms with Crippen LogP contribution in [0.15, 0.2) is 90.3 Å². The zero-order chi connectivity index (χ0) is 29.1. The van der Waals surface area contributed by atoms with Crippen LogP contribution < -0.4 is 24.7 Å². The lowest BCUT2D eigenvalue weighted by molar-refractivity contribution is 0.0734. The van der Waals surface area contributed by atoms with E-state index in [-0.39, 0.29) is 29.4 Å². The van der Waals surface area contributed by atoms with Gasteiger partial charge in [0.05, 0.1) is 18.6 Å². The molecule has 10 heteroatoms. The summed E-state index contributed by atoms with van der Waals surface area (Å²) >= 11 is 12.2. The van der Waals surface area contributed by atoms with E-state index in [9.17, 15) is 14.4 Å². The standard InChI is InChI=1S/C31H21Cl2FN2O5/c1-38-28-12-18(5-11-26(28)39-16-19-2-6-20(32)13-25(19)33)29-23-10-9-22(14-27(23)41-30(36)24(29)15-35)40-31(37)17-3-7-21(34)8-4-17/h2-14,29H,16,36H2,1H3. The van der Waals surface area contributed by atoms with Crippen molar-refractivity contribution >= 4 is 29.2 Å². The Morgan fingerprint density at radius 1 is 1.02 bits per heavy atom. The normalized spacial score (nSPS) is 14.0. The van der Waals surface area contributed by atoms with Gasteiger partial charge in [-0.1, -0.05) is 41.4 Å². The van der Waals surface area contributed by atoms with Crippen LogP contribution in [0.2, 0.25) is 10.0 Å². The molecule has 1 atom stereocenters. The Bertz CT molecular complexity index is 1720. The van der Waals surface area contributed by atoms with Gasteiger partial charge >= 0.3 is 5.97 Å². The minimum absolute atomic E-state index is 0.0799. The molecule has 0 fully saturated rings. The van der Waals surface area contributed by atoms with E-state index in [4.69, 9.17) is 47.9 Å². The number of methoxy groups -OCH3 is 1. The van der Waals surface area contributed by atoms with Gasteiger partial charge < -0.3 is 24.7 Å². The number of halogens is 3. The Morgan fingerprint density at radius 2 is 1.80 bits per heavy atom. The van der Waals surface area contributed by atoms with Gasteiger partial charge in [-0.2, -0.15) is 5.26 Å². The van der Waals surface area contributed by atoms with Gasteiger partial charge in [0.15, 0.2) is 11.5 Å². The first-order chi connectivity index (χ1) is 19.8. The second kappa shape index (κ2) is 11.8. The van der Waals surface area contributed by atoms with Crippen molar-refractivity contribution in [2.24, 2.45) is 5.73 Å². The van der Waals surface area contributed by atoms with Crippen molar-refractivity contribution in [1.29, 1.82) is 5.26 Å². The van der Waals surface area contributed by atoms with E-state index in [1.165, 1.54) is 37.4 Å². The fourth-order valence-electron chi connectivity index (χ4n) is 4.37. The fraction of sp³-hybridized carbons (Fsp3) is 0.0968. The lowest BCUT2D eigenvalue weighted by atomic mass is 9.83. The van der Waals surface area contributed by atoms with Crippen molar-refractivity contribution in [2.75, 3.05) is 7.11 Å². The van der Waals surface area contributed by atoms with Gasteiger partial charge in [0.25, 0.3) is 0 Å². The number of nitrogens with two attached hydrogens (primary N) is 1. The first kappa shape index (κ1) is 27.8. The minimum atomic E-state index is -0.668. The summed E-state index contributed by atoms with van der Waals surface area (Å²) in [6, 6.07) is 22.4. The molecule has 7 nitrogen and oxygen atoms in total. The van der Waals surface area contributed by atoms with Crippen LogP contribution in [-0.4, -0.2) is 13.1 Å². The molecule has 206 valence electrons. The third kappa shape index (κ3) is 5.92. The highest BCUT2D eigenvalue weighted by Gasteiger charge is 2.32. The van der Waals surface area contributed by atoms with Crippen LogP contribution in [0.4, 0.5) is 4.39 Å². The Hall–Kier alpha value is -4.71. The zero-order valence-electron chi connectivity index (χ0n) is 21.5. The molecule has 1 unspecified atom stereocenters. The lowest BCUT2D eigenvalue weighted by Gasteiger charge is -2.27. The number of ether oxygens (including phenoxy) is 4. The van der Waals surface area contributed by atoms with Crippen LogP contribution in [0.25, 0.3) is 0 Å². The molecule has 2 N–H and O–H groups in total. The third-order valence-electron chi connectivity index (χ3n) is 6.40. The number of esters is 1.